The van der Waals surface area contributed by atoms with E-state index in [9.17, 15) is 0 Å². The van der Waals surface area contributed by atoms with E-state index in [2.05, 4.69) is 6.58 Å². The van der Waals surface area contributed by atoms with Crippen molar-refractivity contribution in [1.82, 2.24) is 4.90 Å². The maximum absolute atomic E-state index is 8.51. The highest BCUT2D eigenvalue weighted by Gasteiger charge is 1.99. The van der Waals surface area contributed by atoms with Crippen LogP contribution in [0.4, 0.5) is 0 Å². The predicted octanol–water partition coefficient (Wildman–Crippen LogP) is -0.379. The molecule has 0 atom stereocenters. The molecule has 0 unspecified atom stereocenters. The van der Waals surface area contributed by atoms with Crippen molar-refractivity contribution in [3.63, 3.8) is 0 Å². The molecular formula is C7H14NO2. The van der Waals surface area contributed by atoms with Gasteiger partial charge in [-0.05, 0) is 0 Å². The lowest BCUT2D eigenvalue weighted by Crippen LogP contribution is -2.26. The van der Waals surface area contributed by atoms with E-state index >= 15 is 0 Å². The minimum atomic E-state index is 0.102. The Balaban J connectivity index is 3.38. The third kappa shape index (κ3) is 4.49. The molecular weight excluding hydrogens is 130 g/mol. The second-order valence-electron chi connectivity index (χ2n) is 1.87. The summed E-state index contributed by atoms with van der Waals surface area (Å²) in [5, 5.41) is 17.0. The molecule has 0 aliphatic heterocycles. The van der Waals surface area contributed by atoms with E-state index < -0.39 is 0 Å². The zero-order chi connectivity index (χ0) is 7.82. The van der Waals surface area contributed by atoms with E-state index in [-0.39, 0.29) is 13.2 Å². The van der Waals surface area contributed by atoms with Crippen LogP contribution >= 0.6 is 0 Å². The Morgan fingerprint density at radius 3 is 2.00 bits per heavy atom. The van der Waals surface area contributed by atoms with E-state index in [1.165, 1.54) is 0 Å². The molecule has 1 radical (unpaired) electrons. The zero-order valence-corrected chi connectivity index (χ0v) is 6.03. The third-order valence-electron chi connectivity index (χ3n) is 1.09. The number of hydrogen-bond acceptors (Lipinski definition) is 3. The maximum Gasteiger partial charge on any atom is 0.0558 e. The summed E-state index contributed by atoms with van der Waals surface area (Å²) in [6, 6.07) is 0. The summed E-state index contributed by atoms with van der Waals surface area (Å²) in [5.74, 6) is 0. The van der Waals surface area contributed by atoms with Gasteiger partial charge in [0.25, 0.3) is 0 Å². The molecule has 0 aromatic rings. The largest absolute Gasteiger partial charge is 0.395 e. The van der Waals surface area contributed by atoms with E-state index in [1.807, 2.05) is 0 Å². The Bertz CT molecular complexity index is 79.7. The van der Waals surface area contributed by atoms with Crippen LogP contribution in [0.3, 0.4) is 0 Å². The first-order valence-electron chi connectivity index (χ1n) is 3.26. The molecule has 0 amide bonds. The zero-order valence-electron chi connectivity index (χ0n) is 6.03. The van der Waals surface area contributed by atoms with Crippen molar-refractivity contribution >= 4 is 0 Å². The van der Waals surface area contributed by atoms with Crippen LogP contribution in [-0.2, 0) is 0 Å². The summed E-state index contributed by atoms with van der Waals surface area (Å²) < 4.78 is 0. The highest BCUT2D eigenvalue weighted by Crippen LogP contribution is 1.91. The summed E-state index contributed by atoms with van der Waals surface area (Å²) in [4.78, 5) is 1.80. The van der Waals surface area contributed by atoms with Gasteiger partial charge in [-0.25, -0.2) is 0 Å². The molecule has 0 saturated heterocycles. The smallest absolute Gasteiger partial charge is 0.0558 e. The van der Waals surface area contributed by atoms with Crippen LogP contribution in [0.5, 0.6) is 0 Å². The van der Waals surface area contributed by atoms with Crippen molar-refractivity contribution < 1.29 is 10.2 Å². The SMILES string of the molecule is C=C[CH]N(CCO)CCO. The number of aliphatic hydroxyl groups is 2. The average Bonchev–Trinajstić information content (AvgIpc) is 1.90. The van der Waals surface area contributed by atoms with Gasteiger partial charge in [-0.15, -0.1) is 6.58 Å². The van der Waals surface area contributed by atoms with E-state index in [4.69, 9.17) is 10.2 Å². The molecule has 0 aliphatic carbocycles. The number of nitrogens with zero attached hydrogens (tertiary/aromatic N) is 1. The molecule has 0 aromatic heterocycles. The minimum absolute atomic E-state index is 0.102. The summed E-state index contributed by atoms with van der Waals surface area (Å²) in [7, 11) is 0. The molecule has 10 heavy (non-hydrogen) atoms. The van der Waals surface area contributed by atoms with Crippen LogP contribution < -0.4 is 0 Å². The van der Waals surface area contributed by atoms with Gasteiger partial charge in [0.1, 0.15) is 0 Å². The normalized spacial score (nSPS) is 10.3. The Morgan fingerprint density at radius 2 is 1.70 bits per heavy atom. The van der Waals surface area contributed by atoms with Crippen molar-refractivity contribution in [2.45, 2.75) is 0 Å². The van der Waals surface area contributed by atoms with Gasteiger partial charge in [-0.1, -0.05) is 6.08 Å². The molecule has 0 heterocycles. The minimum Gasteiger partial charge on any atom is -0.395 e. The number of hydrogen-bond donors (Lipinski definition) is 2. The lowest BCUT2D eigenvalue weighted by molar-refractivity contribution is 0.189. The Kier molecular flexibility index (Phi) is 6.48. The van der Waals surface area contributed by atoms with Gasteiger partial charge in [0, 0.05) is 19.6 Å². The molecule has 0 spiro atoms. The molecule has 3 nitrogen and oxygen atoms in total. The first-order chi connectivity index (χ1) is 4.85. The molecule has 59 valence electrons. The van der Waals surface area contributed by atoms with E-state index in [0.717, 1.165) is 0 Å². The van der Waals surface area contributed by atoms with Crippen LogP contribution in [0.1, 0.15) is 0 Å². The average molecular weight is 144 g/mol. The Hall–Kier alpha value is -0.380. The molecule has 0 saturated carbocycles. The first-order valence-corrected chi connectivity index (χ1v) is 3.26. The monoisotopic (exact) mass is 144 g/mol. The van der Waals surface area contributed by atoms with Gasteiger partial charge in [0.05, 0.1) is 13.2 Å². The van der Waals surface area contributed by atoms with Crippen LogP contribution in [0.15, 0.2) is 12.7 Å². The van der Waals surface area contributed by atoms with Gasteiger partial charge in [-0.2, -0.15) is 0 Å². The molecule has 2 N–H and O–H groups in total. The van der Waals surface area contributed by atoms with Gasteiger partial charge >= 0.3 is 0 Å². The van der Waals surface area contributed by atoms with Crippen molar-refractivity contribution in [3.8, 4) is 0 Å². The highest BCUT2D eigenvalue weighted by molar-refractivity contribution is 4.86. The summed E-state index contributed by atoms with van der Waals surface area (Å²) >= 11 is 0. The van der Waals surface area contributed by atoms with Crippen molar-refractivity contribution in [3.05, 3.63) is 19.2 Å². The van der Waals surface area contributed by atoms with Crippen molar-refractivity contribution in [2.75, 3.05) is 26.3 Å². The lowest BCUT2D eigenvalue weighted by atomic mass is 10.4. The molecule has 0 fully saturated rings. The maximum atomic E-state index is 8.51. The topological polar surface area (TPSA) is 43.7 Å². The highest BCUT2D eigenvalue weighted by atomic mass is 16.3. The van der Waals surface area contributed by atoms with E-state index in [0.29, 0.717) is 13.1 Å². The second kappa shape index (κ2) is 6.74. The number of aliphatic hydroxyl groups excluding tert-OH is 2. The van der Waals surface area contributed by atoms with Crippen LogP contribution in [0.2, 0.25) is 0 Å². The lowest BCUT2D eigenvalue weighted by Gasteiger charge is -2.16. The third-order valence-corrected chi connectivity index (χ3v) is 1.09. The fourth-order valence-corrected chi connectivity index (χ4v) is 0.667. The van der Waals surface area contributed by atoms with Gasteiger partial charge < -0.3 is 10.2 Å². The number of rotatable bonds is 6. The molecule has 0 aliphatic rings. The summed E-state index contributed by atoms with van der Waals surface area (Å²) in [6.45, 7) is 6.55. The molecule has 0 aromatic carbocycles. The fraction of sp³-hybridized carbons (Fsp3) is 0.571. The quantitative estimate of drug-likeness (QED) is 0.534. The van der Waals surface area contributed by atoms with Crippen molar-refractivity contribution in [2.24, 2.45) is 0 Å². The van der Waals surface area contributed by atoms with E-state index in [1.54, 1.807) is 17.5 Å². The van der Waals surface area contributed by atoms with Crippen molar-refractivity contribution in [1.29, 1.82) is 0 Å². The fourth-order valence-electron chi connectivity index (χ4n) is 0.667. The van der Waals surface area contributed by atoms with Crippen LogP contribution in [0, 0.1) is 6.54 Å². The Morgan fingerprint density at radius 1 is 1.20 bits per heavy atom. The van der Waals surface area contributed by atoms with Gasteiger partial charge in [0.15, 0.2) is 0 Å². The summed E-state index contributed by atoms with van der Waals surface area (Å²) in [5.41, 5.74) is 0. The molecule has 0 rings (SSSR count). The van der Waals surface area contributed by atoms with Crippen LogP contribution in [0.25, 0.3) is 0 Å². The standard InChI is InChI=1S/C7H14NO2/c1-2-3-8(4-6-9)5-7-10/h2-3,9-10H,1,4-7H2. The predicted molar refractivity (Wildman–Crippen MR) is 40.2 cm³/mol. The Labute approximate surface area is 61.6 Å². The second-order valence-corrected chi connectivity index (χ2v) is 1.87. The van der Waals surface area contributed by atoms with Gasteiger partial charge in [0.2, 0.25) is 0 Å². The van der Waals surface area contributed by atoms with Gasteiger partial charge in [-0.3, -0.25) is 4.90 Å². The van der Waals surface area contributed by atoms with Crippen LogP contribution in [-0.4, -0.2) is 41.4 Å². The summed E-state index contributed by atoms with van der Waals surface area (Å²) in [6.07, 6.45) is 1.63. The molecule has 3 heteroatoms. The molecule has 0 bridgehead atoms. The first kappa shape index (κ1) is 9.62.